The van der Waals surface area contributed by atoms with Gasteiger partial charge in [0.1, 0.15) is 11.8 Å². The predicted molar refractivity (Wildman–Crippen MR) is 65.3 cm³/mol. The summed E-state index contributed by atoms with van der Waals surface area (Å²) in [5.74, 6) is -1.37. The molecule has 0 radical (unpaired) electrons. The normalized spacial score (nSPS) is 12.4. The second kappa shape index (κ2) is 6.79. The predicted octanol–water partition coefficient (Wildman–Crippen LogP) is 0.553. The fraction of sp³-hybridized carbons (Fsp3) is 0.273. The van der Waals surface area contributed by atoms with Crippen molar-refractivity contribution in [1.29, 1.82) is 0 Å². The van der Waals surface area contributed by atoms with Crippen LogP contribution < -0.4 is 21.1 Å². The van der Waals surface area contributed by atoms with E-state index in [0.717, 1.165) is 12.1 Å². The lowest BCUT2D eigenvalue weighted by Gasteiger charge is -2.14. The molecule has 0 bridgehead atoms. The van der Waals surface area contributed by atoms with E-state index in [1.165, 1.54) is 12.1 Å². The van der Waals surface area contributed by atoms with Gasteiger partial charge in [0.05, 0.1) is 6.61 Å². The van der Waals surface area contributed by atoms with Gasteiger partial charge in [-0.15, -0.1) is 13.2 Å². The average Bonchev–Trinajstić information content (AvgIpc) is 2.36. The van der Waals surface area contributed by atoms with Gasteiger partial charge in [-0.3, -0.25) is 4.79 Å². The summed E-state index contributed by atoms with van der Waals surface area (Å²) in [4.78, 5) is 22.2. The van der Waals surface area contributed by atoms with Crippen LogP contribution in [0.5, 0.6) is 5.75 Å². The Balaban J connectivity index is 2.59. The van der Waals surface area contributed by atoms with Gasteiger partial charge in [-0.25, -0.2) is 4.79 Å². The maximum absolute atomic E-state index is 11.9. The minimum Gasteiger partial charge on any atom is -0.406 e. The summed E-state index contributed by atoms with van der Waals surface area (Å²) < 4.78 is 39.5. The van der Waals surface area contributed by atoms with Crippen molar-refractivity contribution in [2.75, 3.05) is 11.9 Å². The first-order valence-electron chi connectivity index (χ1n) is 5.55. The fourth-order valence-electron chi connectivity index (χ4n) is 1.27. The molecule has 0 aromatic heterocycles. The number of alkyl halides is 3. The summed E-state index contributed by atoms with van der Waals surface area (Å²) in [6, 6.07) is 2.22. The first kappa shape index (κ1) is 16.6. The summed E-state index contributed by atoms with van der Waals surface area (Å²) in [5.41, 5.74) is 5.06. The lowest BCUT2D eigenvalue weighted by atomic mass is 10.3. The molecule has 7 nitrogen and oxygen atoms in total. The number of urea groups is 1. The molecular weight excluding hydrogens is 295 g/mol. The first-order chi connectivity index (χ1) is 9.71. The highest BCUT2D eigenvalue weighted by molar-refractivity contribution is 5.93. The zero-order valence-electron chi connectivity index (χ0n) is 10.5. The number of aliphatic hydroxyl groups excluding tert-OH is 1. The van der Waals surface area contributed by atoms with Crippen molar-refractivity contribution < 1.29 is 32.6 Å². The Morgan fingerprint density at radius 1 is 1.29 bits per heavy atom. The number of primary amides is 1. The Morgan fingerprint density at radius 3 is 2.29 bits per heavy atom. The van der Waals surface area contributed by atoms with Gasteiger partial charge in [-0.05, 0) is 24.3 Å². The molecule has 21 heavy (non-hydrogen) atoms. The van der Waals surface area contributed by atoms with E-state index in [-0.39, 0.29) is 5.69 Å². The summed E-state index contributed by atoms with van der Waals surface area (Å²) in [6.07, 6.45) is -4.80. The van der Waals surface area contributed by atoms with E-state index in [0.29, 0.717) is 0 Å². The molecule has 1 rings (SSSR count). The quantitative estimate of drug-likeness (QED) is 0.636. The number of carbonyl (C=O) groups excluding carboxylic acids is 2. The smallest absolute Gasteiger partial charge is 0.406 e. The zero-order valence-corrected chi connectivity index (χ0v) is 10.5. The lowest BCUT2D eigenvalue weighted by molar-refractivity contribution is -0.274. The molecule has 0 aliphatic heterocycles. The molecule has 0 saturated heterocycles. The molecular formula is C11H12F3N3O4. The van der Waals surface area contributed by atoms with Gasteiger partial charge in [-0.1, -0.05) is 0 Å². The monoisotopic (exact) mass is 307 g/mol. The van der Waals surface area contributed by atoms with Crippen molar-refractivity contribution in [2.45, 2.75) is 12.4 Å². The fourth-order valence-corrected chi connectivity index (χ4v) is 1.27. The van der Waals surface area contributed by atoms with Crippen LogP contribution in [0.1, 0.15) is 0 Å². The van der Waals surface area contributed by atoms with Crippen LogP contribution in [0.3, 0.4) is 0 Å². The molecule has 0 saturated carbocycles. The maximum Gasteiger partial charge on any atom is 0.573 e. The topological polar surface area (TPSA) is 114 Å². The maximum atomic E-state index is 11.9. The summed E-state index contributed by atoms with van der Waals surface area (Å²) >= 11 is 0. The van der Waals surface area contributed by atoms with Crippen molar-refractivity contribution in [2.24, 2.45) is 5.73 Å². The number of amides is 3. The number of aliphatic hydroxyl groups is 1. The van der Waals surface area contributed by atoms with Crippen molar-refractivity contribution in [3.8, 4) is 5.75 Å². The van der Waals surface area contributed by atoms with Gasteiger partial charge in [0.2, 0.25) is 5.91 Å². The van der Waals surface area contributed by atoms with E-state index in [1.807, 2.05) is 0 Å². The molecule has 1 atom stereocenters. The van der Waals surface area contributed by atoms with Crippen LogP contribution in [0.25, 0.3) is 0 Å². The lowest BCUT2D eigenvalue weighted by Crippen LogP contribution is -2.48. The first-order valence-corrected chi connectivity index (χ1v) is 5.55. The SMILES string of the molecule is NC(=O)[C@H](CO)NC(=O)Nc1ccc(OC(F)(F)F)cc1. The van der Waals surface area contributed by atoms with Gasteiger partial charge < -0.3 is 26.2 Å². The third kappa shape index (κ3) is 5.99. The van der Waals surface area contributed by atoms with Gasteiger partial charge in [0.25, 0.3) is 0 Å². The van der Waals surface area contributed by atoms with E-state index in [1.54, 1.807) is 0 Å². The van der Waals surface area contributed by atoms with E-state index >= 15 is 0 Å². The van der Waals surface area contributed by atoms with Gasteiger partial charge >= 0.3 is 12.4 Å². The molecule has 0 spiro atoms. The van der Waals surface area contributed by atoms with Crippen LogP contribution in [0.15, 0.2) is 24.3 Å². The van der Waals surface area contributed by atoms with E-state index < -0.39 is 36.7 Å². The van der Waals surface area contributed by atoms with Crippen LogP contribution in [-0.2, 0) is 4.79 Å². The summed E-state index contributed by atoms with van der Waals surface area (Å²) in [5, 5.41) is 13.1. The molecule has 5 N–H and O–H groups in total. The third-order valence-electron chi connectivity index (χ3n) is 2.18. The van der Waals surface area contributed by atoms with Gasteiger partial charge in [0.15, 0.2) is 0 Å². The number of nitrogens with one attached hydrogen (secondary N) is 2. The van der Waals surface area contributed by atoms with Crippen molar-refractivity contribution >= 4 is 17.6 Å². The van der Waals surface area contributed by atoms with Crippen molar-refractivity contribution in [3.63, 3.8) is 0 Å². The minimum absolute atomic E-state index is 0.156. The molecule has 3 amide bonds. The highest BCUT2D eigenvalue weighted by atomic mass is 19.4. The summed E-state index contributed by atoms with van der Waals surface area (Å²) in [6.45, 7) is -0.679. The average molecular weight is 307 g/mol. The highest BCUT2D eigenvalue weighted by Gasteiger charge is 2.30. The molecule has 1 aromatic rings. The number of hydrogen-bond donors (Lipinski definition) is 4. The number of carbonyl (C=O) groups is 2. The number of anilines is 1. The second-order valence-electron chi connectivity index (χ2n) is 3.81. The van der Waals surface area contributed by atoms with E-state index in [9.17, 15) is 22.8 Å². The number of hydrogen-bond acceptors (Lipinski definition) is 4. The molecule has 0 aliphatic rings. The Morgan fingerprint density at radius 2 is 1.86 bits per heavy atom. The Hall–Kier alpha value is -2.49. The van der Waals surface area contributed by atoms with Gasteiger partial charge in [0, 0.05) is 5.69 Å². The zero-order chi connectivity index (χ0) is 16.0. The standard InChI is InChI=1S/C11H12F3N3O4/c12-11(13,14)21-7-3-1-6(2-4-7)16-10(20)17-8(5-18)9(15)19/h1-4,8,18H,5H2,(H2,15,19)(H2,16,17,20)/t8-/m0/s1. The number of nitrogens with two attached hydrogens (primary N) is 1. The summed E-state index contributed by atoms with van der Waals surface area (Å²) in [7, 11) is 0. The van der Waals surface area contributed by atoms with Crippen molar-refractivity contribution in [1.82, 2.24) is 5.32 Å². The molecule has 116 valence electrons. The molecule has 0 heterocycles. The molecule has 0 unspecified atom stereocenters. The van der Waals surface area contributed by atoms with Crippen LogP contribution >= 0.6 is 0 Å². The molecule has 0 fully saturated rings. The highest BCUT2D eigenvalue weighted by Crippen LogP contribution is 2.23. The Kier molecular flexibility index (Phi) is 5.36. The molecule has 10 heteroatoms. The number of ether oxygens (including phenoxy) is 1. The second-order valence-corrected chi connectivity index (χ2v) is 3.81. The van der Waals surface area contributed by atoms with Crippen LogP contribution in [0, 0.1) is 0 Å². The van der Waals surface area contributed by atoms with E-state index in [4.69, 9.17) is 10.8 Å². The van der Waals surface area contributed by atoms with Gasteiger partial charge in [-0.2, -0.15) is 0 Å². The van der Waals surface area contributed by atoms with Crippen LogP contribution in [0.2, 0.25) is 0 Å². The number of halogens is 3. The van der Waals surface area contributed by atoms with E-state index in [2.05, 4.69) is 15.4 Å². The molecule has 1 aromatic carbocycles. The Labute approximate surface area is 116 Å². The Bertz CT molecular complexity index is 504. The minimum atomic E-state index is -4.80. The molecule has 0 aliphatic carbocycles. The third-order valence-corrected chi connectivity index (χ3v) is 2.18. The van der Waals surface area contributed by atoms with Crippen molar-refractivity contribution in [3.05, 3.63) is 24.3 Å². The van der Waals surface area contributed by atoms with Crippen LogP contribution in [-0.4, -0.2) is 36.1 Å². The largest absolute Gasteiger partial charge is 0.573 e. The number of rotatable bonds is 5. The van der Waals surface area contributed by atoms with Crippen LogP contribution in [0.4, 0.5) is 23.7 Å². The number of benzene rings is 1.